The fourth-order valence-electron chi connectivity index (χ4n) is 1.85. The smallest absolute Gasteiger partial charge is 0.466 e. The summed E-state index contributed by atoms with van der Waals surface area (Å²) in [5.74, 6) is -0.182. The average molecular weight is 407 g/mol. The predicted octanol–water partition coefficient (Wildman–Crippen LogP) is 2.44. The number of rotatable bonds is 12. The van der Waals surface area contributed by atoms with Crippen LogP contribution in [0.15, 0.2) is 0 Å². The van der Waals surface area contributed by atoms with Gasteiger partial charge in [-0.05, 0) is 6.42 Å². The molecule has 0 amide bonds. The number of esters is 1. The van der Waals surface area contributed by atoms with Crippen LogP contribution in [-0.4, -0.2) is 30.1 Å². The van der Waals surface area contributed by atoms with Crippen LogP contribution in [0.5, 0.6) is 0 Å². The molecule has 26 heavy (non-hydrogen) atoms. The molecule has 6 nitrogen and oxygen atoms in total. The molecule has 0 fully saturated rings. The van der Waals surface area contributed by atoms with E-state index in [-0.39, 0.29) is 35.5 Å². The maximum Gasteiger partial charge on any atom is 1.00 e. The number of carbonyl (C=O) groups is 1. The van der Waals surface area contributed by atoms with Crippen molar-refractivity contribution in [2.45, 2.75) is 97.8 Å². The first-order valence-corrected chi connectivity index (χ1v) is 10.7. The molecule has 0 aliphatic carbocycles. The average Bonchev–Trinajstić information content (AvgIpc) is 2.49. The van der Waals surface area contributed by atoms with Crippen LogP contribution >= 0.6 is 0 Å². The van der Waals surface area contributed by atoms with E-state index < -0.39 is 10.4 Å². The molecule has 0 atom stereocenters. The summed E-state index contributed by atoms with van der Waals surface area (Å²) in [7, 11) is -4.67. The molecule has 8 heteroatoms. The van der Waals surface area contributed by atoms with Crippen molar-refractivity contribution in [3.8, 4) is 0 Å². The fourth-order valence-corrected chi connectivity index (χ4v) is 1.85. The number of ether oxygens (including phenoxy) is 1. The van der Waals surface area contributed by atoms with Gasteiger partial charge >= 0.3 is 45.9 Å². The molecule has 0 unspecified atom stereocenters. The van der Waals surface area contributed by atoms with Crippen molar-refractivity contribution in [3.63, 3.8) is 0 Å². The van der Waals surface area contributed by atoms with Gasteiger partial charge in [0.15, 0.2) is 0 Å². The largest absolute Gasteiger partial charge is 1.00 e. The van der Waals surface area contributed by atoms with Crippen LogP contribution in [-0.2, 0) is 19.9 Å². The quantitative estimate of drug-likeness (QED) is 0.170. The molecule has 0 aromatic carbocycles. The summed E-state index contributed by atoms with van der Waals surface area (Å²) in [6.45, 7) is 10.2. The van der Waals surface area contributed by atoms with Crippen LogP contribution in [0.2, 0.25) is 0 Å². The molecule has 0 saturated carbocycles. The summed E-state index contributed by atoms with van der Waals surface area (Å²) >= 11 is 0. The van der Waals surface area contributed by atoms with Crippen LogP contribution in [0.3, 0.4) is 0 Å². The van der Waals surface area contributed by atoms with E-state index in [9.17, 15) is 4.79 Å². The third-order valence-corrected chi connectivity index (χ3v) is 3.16. The van der Waals surface area contributed by atoms with Crippen molar-refractivity contribution in [2.24, 2.45) is 0 Å². The monoisotopic (exact) mass is 406 g/mol. The summed E-state index contributed by atoms with van der Waals surface area (Å²) in [5.41, 5.74) is 0. The summed E-state index contributed by atoms with van der Waals surface area (Å²) in [4.78, 5) is 10.1. The fraction of sp³-hybridized carbons (Fsp3) is 0.889. The van der Waals surface area contributed by atoms with Crippen molar-refractivity contribution >= 4 is 16.4 Å². The van der Waals surface area contributed by atoms with Gasteiger partial charge in [0.1, 0.15) is 0 Å². The van der Waals surface area contributed by atoms with Crippen molar-refractivity contribution in [1.82, 2.24) is 0 Å². The molecule has 2 N–H and O–H groups in total. The van der Waals surface area contributed by atoms with Crippen LogP contribution in [0.1, 0.15) is 97.8 Å². The summed E-state index contributed by atoms with van der Waals surface area (Å²) < 4.78 is 36.2. The Kier molecular flexibility index (Phi) is 35.9. The molecular formula is C18H39NaO6S. The van der Waals surface area contributed by atoms with Crippen molar-refractivity contribution in [2.75, 3.05) is 6.61 Å². The number of unbranched alkanes of at least 4 members (excludes halogenated alkanes) is 10. The molecule has 0 aromatic rings. The Morgan fingerprint density at radius 1 is 0.846 bits per heavy atom. The molecule has 0 rings (SSSR count). The minimum absolute atomic E-state index is 0. The van der Waals surface area contributed by atoms with Gasteiger partial charge in [0, 0.05) is 6.92 Å². The minimum atomic E-state index is -4.67. The Bertz CT molecular complexity index is 343. The number of hydrogen-bond acceptors (Lipinski definition) is 4. The van der Waals surface area contributed by atoms with Gasteiger partial charge in [-0.25, -0.2) is 0 Å². The van der Waals surface area contributed by atoms with E-state index in [1.54, 1.807) is 0 Å². The number of hydrogen-bond donors (Lipinski definition) is 2. The van der Waals surface area contributed by atoms with Gasteiger partial charge in [-0.3, -0.25) is 13.9 Å². The molecule has 0 aliphatic rings. The summed E-state index contributed by atoms with van der Waals surface area (Å²) in [6, 6.07) is 0. The molecule has 0 spiro atoms. The molecular weight excluding hydrogens is 367 g/mol. The van der Waals surface area contributed by atoms with Crippen LogP contribution < -0.4 is 29.6 Å². The zero-order valence-electron chi connectivity index (χ0n) is 17.3. The van der Waals surface area contributed by atoms with E-state index in [1.165, 1.54) is 64.7 Å². The molecule has 154 valence electrons. The number of carbonyl (C=O) groups excluding carboxylic acids is 1. The van der Waals surface area contributed by atoms with E-state index in [1.807, 2.05) is 0 Å². The molecule has 0 heterocycles. The zero-order chi connectivity index (χ0) is 20.0. The standard InChI is InChI=1S/C12H25.C6H12O2.Na.H2O4S/c1-3-5-7-9-11-12-10-8-6-4-2;1-3-4-5-8-6(2)7;;1-5(2,3)4/h1,3-12H2,2H3;3-5H2,1-2H3;;(H2,1,2,3,4)/q-1;;+1;. The van der Waals surface area contributed by atoms with Crippen LogP contribution in [0.25, 0.3) is 0 Å². The van der Waals surface area contributed by atoms with Gasteiger partial charge in [-0.2, -0.15) is 14.8 Å². The second kappa shape index (κ2) is 27.6. The van der Waals surface area contributed by atoms with Gasteiger partial charge in [-0.15, -0.1) is 0 Å². The molecule has 0 radical (unpaired) electrons. The van der Waals surface area contributed by atoms with Crippen molar-refractivity contribution in [3.05, 3.63) is 6.92 Å². The Morgan fingerprint density at radius 2 is 1.19 bits per heavy atom. The van der Waals surface area contributed by atoms with E-state index in [2.05, 4.69) is 25.5 Å². The van der Waals surface area contributed by atoms with Gasteiger partial charge in [0.2, 0.25) is 0 Å². The molecule has 0 bridgehead atoms. The first kappa shape index (κ1) is 33.9. The molecule has 0 aromatic heterocycles. The minimum Gasteiger partial charge on any atom is -0.466 e. The third kappa shape index (κ3) is 64.5. The predicted molar refractivity (Wildman–Crippen MR) is 103 cm³/mol. The van der Waals surface area contributed by atoms with E-state index in [0.717, 1.165) is 19.3 Å². The summed E-state index contributed by atoms with van der Waals surface area (Å²) in [5, 5.41) is 0. The zero-order valence-corrected chi connectivity index (χ0v) is 20.2. The van der Waals surface area contributed by atoms with Crippen LogP contribution in [0.4, 0.5) is 0 Å². The SMILES string of the molecule is CCCCOC(C)=O.O=S(=O)(O)O.[CH2-]CCCCCCCCCCC.[Na+]. The van der Waals surface area contributed by atoms with Gasteiger partial charge in [0.05, 0.1) is 6.61 Å². The Morgan fingerprint density at radius 3 is 1.50 bits per heavy atom. The van der Waals surface area contributed by atoms with Crippen molar-refractivity contribution < 1.29 is 56.6 Å². The van der Waals surface area contributed by atoms with Gasteiger partial charge in [0.25, 0.3) is 0 Å². The second-order valence-electron chi connectivity index (χ2n) is 5.82. The normalized spacial score (nSPS) is 9.77. The second-order valence-corrected chi connectivity index (χ2v) is 6.72. The van der Waals surface area contributed by atoms with Crippen molar-refractivity contribution in [1.29, 1.82) is 0 Å². The van der Waals surface area contributed by atoms with E-state index >= 15 is 0 Å². The molecule has 0 aliphatic heterocycles. The van der Waals surface area contributed by atoms with Crippen LogP contribution in [0, 0.1) is 6.92 Å². The van der Waals surface area contributed by atoms with E-state index in [4.69, 9.17) is 17.5 Å². The summed E-state index contributed by atoms with van der Waals surface area (Å²) in [6.07, 6.45) is 15.9. The van der Waals surface area contributed by atoms with Gasteiger partial charge in [-0.1, -0.05) is 78.1 Å². The third-order valence-electron chi connectivity index (χ3n) is 3.16. The Hall–Kier alpha value is 0.340. The Balaban J connectivity index is -0.000000150. The van der Waals surface area contributed by atoms with Gasteiger partial charge < -0.3 is 11.7 Å². The first-order chi connectivity index (χ1) is 11.7. The maximum absolute atomic E-state index is 10.1. The topological polar surface area (TPSA) is 101 Å². The maximum atomic E-state index is 10.1. The first-order valence-electron chi connectivity index (χ1n) is 9.31. The molecule has 0 saturated heterocycles. The van der Waals surface area contributed by atoms with E-state index in [0.29, 0.717) is 6.61 Å². The Labute approximate surface area is 183 Å².